The van der Waals surface area contributed by atoms with Crippen LogP contribution in [0.15, 0.2) is 83.8 Å². The van der Waals surface area contributed by atoms with Crippen molar-refractivity contribution in [3.63, 3.8) is 0 Å². The van der Waals surface area contributed by atoms with Crippen molar-refractivity contribution in [1.82, 2.24) is 10.2 Å². The molecule has 1 unspecified atom stereocenters. The van der Waals surface area contributed by atoms with Gasteiger partial charge in [-0.05, 0) is 42.3 Å². The fraction of sp³-hybridized carbons (Fsp3) is 0.231. The molecule has 1 atom stereocenters. The van der Waals surface area contributed by atoms with E-state index in [0.29, 0.717) is 18.0 Å². The van der Waals surface area contributed by atoms with Crippen molar-refractivity contribution < 1.29 is 9.59 Å². The molecule has 0 aliphatic carbocycles. The van der Waals surface area contributed by atoms with Gasteiger partial charge < -0.3 is 10.2 Å². The van der Waals surface area contributed by atoms with Crippen LogP contribution in [0.2, 0.25) is 5.02 Å². The van der Waals surface area contributed by atoms with E-state index < -0.39 is 6.04 Å². The predicted molar refractivity (Wildman–Crippen MR) is 132 cm³/mol. The summed E-state index contributed by atoms with van der Waals surface area (Å²) in [6, 6.07) is 24.6. The molecule has 0 bridgehead atoms. The Morgan fingerprint density at radius 2 is 1.59 bits per heavy atom. The van der Waals surface area contributed by atoms with Gasteiger partial charge in [-0.3, -0.25) is 9.59 Å². The Balaban J connectivity index is 1.85. The minimum atomic E-state index is -0.621. The summed E-state index contributed by atoms with van der Waals surface area (Å²) in [6.07, 6.45) is 0.440. The Morgan fingerprint density at radius 1 is 0.938 bits per heavy atom. The molecule has 166 valence electrons. The molecule has 3 aromatic rings. The average molecular weight is 467 g/mol. The van der Waals surface area contributed by atoms with Gasteiger partial charge in [0.05, 0.1) is 5.75 Å². The van der Waals surface area contributed by atoms with E-state index in [1.807, 2.05) is 73.7 Å². The van der Waals surface area contributed by atoms with Gasteiger partial charge in [-0.25, -0.2) is 0 Å². The molecule has 4 nitrogen and oxygen atoms in total. The quantitative estimate of drug-likeness (QED) is 0.445. The number of halogens is 1. The monoisotopic (exact) mass is 466 g/mol. The van der Waals surface area contributed by atoms with Gasteiger partial charge in [0.2, 0.25) is 11.8 Å². The number of nitrogens with zero attached hydrogens (tertiary/aromatic N) is 1. The van der Waals surface area contributed by atoms with Crippen LogP contribution in [-0.2, 0) is 22.6 Å². The van der Waals surface area contributed by atoms with Crippen LogP contribution < -0.4 is 5.32 Å². The van der Waals surface area contributed by atoms with Gasteiger partial charge in [0, 0.05) is 29.9 Å². The minimum absolute atomic E-state index is 0.0879. The maximum absolute atomic E-state index is 13.4. The Labute approximate surface area is 199 Å². The van der Waals surface area contributed by atoms with Crippen LogP contribution >= 0.6 is 23.4 Å². The number of nitrogens with one attached hydrogen (secondary N) is 1. The second-order valence-electron chi connectivity index (χ2n) is 7.57. The fourth-order valence-corrected chi connectivity index (χ4v) is 4.28. The summed E-state index contributed by atoms with van der Waals surface area (Å²) < 4.78 is 0. The summed E-state index contributed by atoms with van der Waals surface area (Å²) in [5.74, 6) is -0.0228. The summed E-state index contributed by atoms with van der Waals surface area (Å²) in [5, 5.41) is 3.37. The Morgan fingerprint density at radius 3 is 2.22 bits per heavy atom. The van der Waals surface area contributed by atoms with Gasteiger partial charge in [0.1, 0.15) is 6.04 Å². The first-order valence-corrected chi connectivity index (χ1v) is 11.8. The lowest BCUT2D eigenvalue weighted by atomic mass is 10.0. The average Bonchev–Trinajstić information content (AvgIpc) is 2.82. The van der Waals surface area contributed by atoms with Gasteiger partial charge >= 0.3 is 0 Å². The molecular formula is C26H27ClN2O2S. The third-order valence-corrected chi connectivity index (χ3v) is 6.42. The van der Waals surface area contributed by atoms with Crippen molar-refractivity contribution in [1.29, 1.82) is 0 Å². The molecule has 3 rings (SSSR count). The van der Waals surface area contributed by atoms with Crippen LogP contribution in [0.25, 0.3) is 0 Å². The van der Waals surface area contributed by atoms with Gasteiger partial charge in [-0.2, -0.15) is 0 Å². The molecule has 0 aromatic heterocycles. The third kappa shape index (κ3) is 6.87. The smallest absolute Gasteiger partial charge is 0.242 e. The molecule has 0 aliphatic rings. The zero-order valence-electron chi connectivity index (χ0n) is 18.3. The number of carbonyl (C=O) groups excluding carboxylic acids is 2. The second-order valence-corrected chi connectivity index (χ2v) is 9.05. The van der Waals surface area contributed by atoms with Crippen molar-refractivity contribution in [2.75, 3.05) is 12.8 Å². The molecule has 3 aromatic carbocycles. The number of benzene rings is 3. The number of likely N-dealkylation sites (N-methyl/N-ethyl adjacent to an activating group) is 1. The lowest BCUT2D eigenvalue weighted by Crippen LogP contribution is -2.50. The predicted octanol–water partition coefficient (Wildman–Crippen LogP) is 5.13. The zero-order valence-corrected chi connectivity index (χ0v) is 19.8. The lowest BCUT2D eigenvalue weighted by Gasteiger charge is -2.31. The van der Waals surface area contributed by atoms with Crippen LogP contribution in [0, 0.1) is 6.92 Å². The van der Waals surface area contributed by atoms with Crippen LogP contribution in [0.5, 0.6) is 0 Å². The third-order valence-electron chi connectivity index (χ3n) is 5.17. The molecule has 0 saturated heterocycles. The van der Waals surface area contributed by atoms with Gasteiger partial charge in [0.25, 0.3) is 0 Å². The number of carbonyl (C=O) groups is 2. The highest BCUT2D eigenvalue weighted by molar-refractivity contribution is 8.00. The van der Waals surface area contributed by atoms with E-state index >= 15 is 0 Å². The Kier molecular flexibility index (Phi) is 8.77. The van der Waals surface area contributed by atoms with Crippen molar-refractivity contribution >= 4 is 35.2 Å². The number of aryl methyl sites for hydroxylation is 1. The topological polar surface area (TPSA) is 49.4 Å². The molecule has 32 heavy (non-hydrogen) atoms. The molecule has 6 heteroatoms. The summed E-state index contributed by atoms with van der Waals surface area (Å²) >= 11 is 7.51. The summed E-state index contributed by atoms with van der Waals surface area (Å²) in [7, 11) is 1.60. The van der Waals surface area contributed by atoms with Gasteiger partial charge in [-0.15, -0.1) is 11.8 Å². The molecule has 0 spiro atoms. The standard InChI is InChI=1S/C26H27ClN2O2S/c1-19-8-14-23(15-9-19)32-18-25(30)29(17-21-10-12-22(27)13-11-21)24(26(31)28-2)16-20-6-4-3-5-7-20/h3-15,24H,16-18H2,1-2H3,(H,28,31). The highest BCUT2D eigenvalue weighted by Crippen LogP contribution is 2.22. The highest BCUT2D eigenvalue weighted by Gasteiger charge is 2.29. The lowest BCUT2D eigenvalue weighted by molar-refractivity contribution is -0.139. The van der Waals surface area contributed by atoms with E-state index in [9.17, 15) is 9.59 Å². The zero-order chi connectivity index (χ0) is 22.9. The van der Waals surface area contributed by atoms with E-state index in [0.717, 1.165) is 16.0 Å². The summed E-state index contributed by atoms with van der Waals surface area (Å²) in [4.78, 5) is 29.0. The largest absolute Gasteiger partial charge is 0.357 e. The Bertz CT molecular complexity index is 1020. The van der Waals surface area contributed by atoms with Crippen molar-refractivity contribution in [2.24, 2.45) is 0 Å². The Hall–Kier alpha value is -2.76. The van der Waals surface area contributed by atoms with E-state index in [1.165, 1.54) is 17.3 Å². The van der Waals surface area contributed by atoms with E-state index in [2.05, 4.69) is 5.32 Å². The minimum Gasteiger partial charge on any atom is -0.357 e. The van der Waals surface area contributed by atoms with Crippen molar-refractivity contribution in [2.45, 2.75) is 30.8 Å². The molecule has 0 radical (unpaired) electrons. The van der Waals surface area contributed by atoms with Crippen molar-refractivity contribution in [3.8, 4) is 0 Å². The number of hydrogen-bond donors (Lipinski definition) is 1. The van der Waals surface area contributed by atoms with Gasteiger partial charge in [-0.1, -0.05) is 71.8 Å². The van der Waals surface area contributed by atoms with Crippen molar-refractivity contribution in [3.05, 3.63) is 101 Å². The molecular weight excluding hydrogens is 440 g/mol. The number of thioether (sulfide) groups is 1. The first-order chi connectivity index (χ1) is 15.5. The molecule has 2 amide bonds. The first-order valence-electron chi connectivity index (χ1n) is 10.4. The molecule has 0 saturated carbocycles. The van der Waals surface area contributed by atoms with Crippen LogP contribution in [0.1, 0.15) is 16.7 Å². The summed E-state index contributed by atoms with van der Waals surface area (Å²) in [6.45, 7) is 2.36. The highest BCUT2D eigenvalue weighted by atomic mass is 35.5. The normalized spacial score (nSPS) is 11.6. The van der Waals surface area contributed by atoms with Crippen LogP contribution in [-0.4, -0.2) is 35.6 Å². The number of hydrogen-bond acceptors (Lipinski definition) is 3. The second kappa shape index (κ2) is 11.7. The fourth-order valence-electron chi connectivity index (χ4n) is 3.37. The molecule has 0 heterocycles. The number of amides is 2. The first kappa shape index (κ1) is 23.9. The maximum atomic E-state index is 13.4. The number of rotatable bonds is 9. The molecule has 1 N–H and O–H groups in total. The van der Waals surface area contributed by atoms with Gasteiger partial charge in [0.15, 0.2) is 0 Å². The van der Waals surface area contributed by atoms with E-state index in [-0.39, 0.29) is 17.6 Å². The van der Waals surface area contributed by atoms with E-state index in [4.69, 9.17) is 11.6 Å². The van der Waals surface area contributed by atoms with Crippen LogP contribution in [0.4, 0.5) is 0 Å². The van der Waals surface area contributed by atoms with Crippen LogP contribution in [0.3, 0.4) is 0 Å². The SMILES string of the molecule is CNC(=O)C(Cc1ccccc1)N(Cc1ccc(Cl)cc1)C(=O)CSc1ccc(C)cc1. The molecule has 0 aliphatic heterocycles. The maximum Gasteiger partial charge on any atom is 0.242 e. The summed E-state index contributed by atoms with van der Waals surface area (Å²) in [5.41, 5.74) is 3.10. The van der Waals surface area contributed by atoms with E-state index in [1.54, 1.807) is 24.1 Å². The molecule has 0 fully saturated rings.